The van der Waals surface area contributed by atoms with E-state index >= 15 is 0 Å². The number of carbonyl (C=O) groups is 2. The molecular formula is C18H19NO3. The highest BCUT2D eigenvalue weighted by Crippen LogP contribution is 2.18. The molecule has 0 aliphatic rings. The van der Waals surface area contributed by atoms with E-state index in [1.165, 1.54) is 5.56 Å². The van der Waals surface area contributed by atoms with Gasteiger partial charge in [-0.05, 0) is 31.0 Å². The average molecular weight is 297 g/mol. The number of hydrogen-bond acceptors (Lipinski definition) is 4. The summed E-state index contributed by atoms with van der Waals surface area (Å²) in [4.78, 5) is 22.5. The van der Waals surface area contributed by atoms with Crippen LogP contribution in [0.1, 0.15) is 27.9 Å². The lowest BCUT2D eigenvalue weighted by Crippen LogP contribution is -2.12. The van der Waals surface area contributed by atoms with Crippen LogP contribution in [0.2, 0.25) is 0 Å². The SMILES string of the molecule is Cc1ccc(CCC(=O)COc2ccc(C=O)c(N)c2)cc1. The number of Topliss-reactive ketones (excluding diaryl/α,β-unsaturated/α-hetero) is 1. The number of aryl methyl sites for hydroxylation is 2. The molecule has 0 spiro atoms. The fourth-order valence-electron chi connectivity index (χ4n) is 2.02. The summed E-state index contributed by atoms with van der Waals surface area (Å²) in [5, 5.41) is 0. The summed E-state index contributed by atoms with van der Waals surface area (Å²) in [6, 6.07) is 12.9. The van der Waals surface area contributed by atoms with E-state index in [4.69, 9.17) is 10.5 Å². The highest BCUT2D eigenvalue weighted by atomic mass is 16.5. The van der Waals surface area contributed by atoms with Crippen molar-refractivity contribution >= 4 is 17.8 Å². The monoisotopic (exact) mass is 297 g/mol. The van der Waals surface area contributed by atoms with Crippen LogP contribution in [-0.4, -0.2) is 18.7 Å². The molecule has 0 atom stereocenters. The molecule has 0 radical (unpaired) electrons. The molecule has 0 aliphatic heterocycles. The molecule has 0 bridgehead atoms. The number of rotatable bonds is 7. The molecular weight excluding hydrogens is 278 g/mol. The average Bonchev–Trinajstić information content (AvgIpc) is 2.52. The van der Waals surface area contributed by atoms with Gasteiger partial charge < -0.3 is 10.5 Å². The van der Waals surface area contributed by atoms with Gasteiger partial charge in [-0.2, -0.15) is 0 Å². The molecule has 2 N–H and O–H groups in total. The zero-order valence-corrected chi connectivity index (χ0v) is 12.5. The first-order chi connectivity index (χ1) is 10.6. The predicted molar refractivity (Wildman–Crippen MR) is 86.2 cm³/mol. The van der Waals surface area contributed by atoms with Gasteiger partial charge in [-0.15, -0.1) is 0 Å². The van der Waals surface area contributed by atoms with Gasteiger partial charge in [0.05, 0.1) is 0 Å². The molecule has 22 heavy (non-hydrogen) atoms. The number of benzene rings is 2. The summed E-state index contributed by atoms with van der Waals surface area (Å²) in [7, 11) is 0. The smallest absolute Gasteiger partial charge is 0.170 e. The third-order valence-corrected chi connectivity index (χ3v) is 3.40. The predicted octanol–water partition coefficient (Wildman–Crippen LogP) is 2.97. The minimum atomic E-state index is 0.00569. The summed E-state index contributed by atoms with van der Waals surface area (Å²) >= 11 is 0. The maximum atomic E-state index is 11.9. The molecule has 0 fully saturated rings. The third-order valence-electron chi connectivity index (χ3n) is 3.40. The largest absolute Gasteiger partial charge is 0.486 e. The molecule has 4 nitrogen and oxygen atoms in total. The second-order valence-electron chi connectivity index (χ2n) is 5.22. The second-order valence-corrected chi connectivity index (χ2v) is 5.22. The highest BCUT2D eigenvalue weighted by Gasteiger charge is 2.06. The minimum Gasteiger partial charge on any atom is -0.486 e. The van der Waals surface area contributed by atoms with Crippen molar-refractivity contribution in [2.75, 3.05) is 12.3 Å². The standard InChI is InChI=1S/C18H19NO3/c1-13-2-4-14(5-3-13)6-8-16(21)12-22-17-9-7-15(11-20)18(19)10-17/h2-5,7,9-11H,6,8,12,19H2,1H3. The Kier molecular flexibility index (Phi) is 5.31. The van der Waals surface area contributed by atoms with Crippen molar-refractivity contribution in [2.45, 2.75) is 19.8 Å². The van der Waals surface area contributed by atoms with E-state index < -0.39 is 0 Å². The van der Waals surface area contributed by atoms with Gasteiger partial charge in [0.2, 0.25) is 0 Å². The molecule has 0 saturated heterocycles. The molecule has 114 valence electrons. The maximum Gasteiger partial charge on any atom is 0.170 e. The quantitative estimate of drug-likeness (QED) is 0.630. The van der Waals surface area contributed by atoms with Gasteiger partial charge in [-0.25, -0.2) is 0 Å². The number of nitrogens with two attached hydrogens (primary N) is 1. The highest BCUT2D eigenvalue weighted by molar-refractivity contribution is 5.84. The van der Waals surface area contributed by atoms with Crippen LogP contribution >= 0.6 is 0 Å². The Hall–Kier alpha value is -2.62. The van der Waals surface area contributed by atoms with Crippen LogP contribution < -0.4 is 10.5 Å². The molecule has 0 unspecified atom stereocenters. The number of anilines is 1. The summed E-state index contributed by atoms with van der Waals surface area (Å²) in [6.07, 6.45) is 1.82. The summed E-state index contributed by atoms with van der Waals surface area (Å²) in [5.74, 6) is 0.519. The molecule has 2 rings (SSSR count). The first-order valence-electron chi connectivity index (χ1n) is 7.13. The van der Waals surface area contributed by atoms with E-state index in [9.17, 15) is 9.59 Å². The Balaban J connectivity index is 1.81. The first-order valence-corrected chi connectivity index (χ1v) is 7.13. The Morgan fingerprint density at radius 2 is 1.91 bits per heavy atom. The zero-order chi connectivity index (χ0) is 15.9. The van der Waals surface area contributed by atoms with Crippen molar-refractivity contribution in [3.05, 3.63) is 59.2 Å². The van der Waals surface area contributed by atoms with Gasteiger partial charge in [-0.3, -0.25) is 9.59 Å². The Labute approximate surface area is 129 Å². The number of nitrogen functional groups attached to an aromatic ring is 1. The van der Waals surface area contributed by atoms with Crippen molar-refractivity contribution in [3.63, 3.8) is 0 Å². The van der Waals surface area contributed by atoms with E-state index in [1.807, 2.05) is 31.2 Å². The van der Waals surface area contributed by atoms with Gasteiger partial charge in [0.1, 0.15) is 12.4 Å². The summed E-state index contributed by atoms with van der Waals surface area (Å²) < 4.78 is 5.41. The van der Waals surface area contributed by atoms with Crippen LogP contribution in [-0.2, 0) is 11.2 Å². The number of aldehydes is 1. The van der Waals surface area contributed by atoms with E-state index in [0.717, 1.165) is 5.56 Å². The number of carbonyl (C=O) groups excluding carboxylic acids is 2. The summed E-state index contributed by atoms with van der Waals surface area (Å²) in [5.41, 5.74) is 8.79. The van der Waals surface area contributed by atoms with Crippen molar-refractivity contribution in [3.8, 4) is 5.75 Å². The van der Waals surface area contributed by atoms with Crippen LogP contribution in [0.25, 0.3) is 0 Å². The normalized spacial score (nSPS) is 10.2. The molecule has 0 saturated carbocycles. The molecule has 0 aromatic heterocycles. The van der Waals surface area contributed by atoms with Gasteiger partial charge in [-0.1, -0.05) is 29.8 Å². The van der Waals surface area contributed by atoms with Crippen molar-refractivity contribution in [1.29, 1.82) is 0 Å². The van der Waals surface area contributed by atoms with Crippen molar-refractivity contribution < 1.29 is 14.3 Å². The number of ketones is 1. The molecule has 2 aromatic carbocycles. The molecule has 4 heteroatoms. The Morgan fingerprint density at radius 3 is 2.55 bits per heavy atom. The molecule has 0 heterocycles. The molecule has 0 amide bonds. The van der Waals surface area contributed by atoms with Crippen LogP contribution in [0.4, 0.5) is 5.69 Å². The Bertz CT molecular complexity index is 663. The number of ether oxygens (including phenoxy) is 1. The van der Waals surface area contributed by atoms with E-state index in [-0.39, 0.29) is 12.4 Å². The lowest BCUT2D eigenvalue weighted by molar-refractivity contribution is -0.121. The number of hydrogen-bond donors (Lipinski definition) is 1. The molecule has 2 aromatic rings. The van der Waals surface area contributed by atoms with E-state index in [1.54, 1.807) is 18.2 Å². The Morgan fingerprint density at radius 1 is 1.18 bits per heavy atom. The second kappa shape index (κ2) is 7.41. The van der Waals surface area contributed by atoms with E-state index in [2.05, 4.69) is 0 Å². The van der Waals surface area contributed by atoms with Crippen LogP contribution in [0.5, 0.6) is 5.75 Å². The third kappa shape index (κ3) is 4.45. The topological polar surface area (TPSA) is 69.4 Å². The summed E-state index contributed by atoms with van der Waals surface area (Å²) in [6.45, 7) is 2.04. The van der Waals surface area contributed by atoms with Crippen LogP contribution in [0.3, 0.4) is 0 Å². The lowest BCUT2D eigenvalue weighted by atomic mass is 10.1. The molecule has 0 aliphatic carbocycles. The fraction of sp³-hybridized carbons (Fsp3) is 0.222. The van der Waals surface area contributed by atoms with Crippen molar-refractivity contribution in [1.82, 2.24) is 0 Å². The van der Waals surface area contributed by atoms with Gasteiger partial charge >= 0.3 is 0 Å². The maximum absolute atomic E-state index is 11.9. The minimum absolute atomic E-state index is 0.00569. The first kappa shape index (κ1) is 15.8. The van der Waals surface area contributed by atoms with Crippen LogP contribution in [0, 0.1) is 6.92 Å². The van der Waals surface area contributed by atoms with Crippen molar-refractivity contribution in [2.24, 2.45) is 0 Å². The van der Waals surface area contributed by atoms with Crippen LogP contribution in [0.15, 0.2) is 42.5 Å². The van der Waals surface area contributed by atoms with E-state index in [0.29, 0.717) is 36.1 Å². The van der Waals surface area contributed by atoms with Gasteiger partial charge in [0.15, 0.2) is 12.1 Å². The van der Waals surface area contributed by atoms with Gasteiger partial charge in [0, 0.05) is 23.7 Å². The zero-order valence-electron chi connectivity index (χ0n) is 12.5. The van der Waals surface area contributed by atoms with Gasteiger partial charge in [0.25, 0.3) is 0 Å². The lowest BCUT2D eigenvalue weighted by Gasteiger charge is -2.07. The fourth-order valence-corrected chi connectivity index (χ4v) is 2.02.